The summed E-state index contributed by atoms with van der Waals surface area (Å²) >= 11 is 0. The minimum Gasteiger partial charge on any atom is -0.361 e. The van der Waals surface area contributed by atoms with Crippen molar-refractivity contribution in [2.75, 3.05) is 11.4 Å². The molecule has 0 bridgehead atoms. The van der Waals surface area contributed by atoms with Crippen molar-refractivity contribution in [2.45, 2.75) is 70.9 Å². The molecule has 25 heavy (non-hydrogen) atoms. The van der Waals surface area contributed by atoms with E-state index in [9.17, 15) is 0 Å². The molecule has 5 nitrogen and oxygen atoms in total. The van der Waals surface area contributed by atoms with E-state index in [0.717, 1.165) is 12.4 Å². The van der Waals surface area contributed by atoms with E-state index in [-0.39, 0.29) is 6.04 Å². The Bertz CT molecular complexity index is 702. The molecule has 0 saturated heterocycles. The lowest BCUT2D eigenvalue weighted by molar-refractivity contribution is 0.301. The van der Waals surface area contributed by atoms with Crippen LogP contribution in [-0.4, -0.2) is 26.8 Å². The Labute approximate surface area is 150 Å². The van der Waals surface area contributed by atoms with Gasteiger partial charge in [0.1, 0.15) is 0 Å². The Hall–Kier alpha value is -1.91. The average molecular weight is 339 g/mol. The third kappa shape index (κ3) is 3.16. The zero-order chi connectivity index (χ0) is 17.2. The van der Waals surface area contributed by atoms with E-state index in [1.165, 1.54) is 56.2 Å². The molecule has 4 rings (SSSR count). The fourth-order valence-corrected chi connectivity index (χ4v) is 4.63. The van der Waals surface area contributed by atoms with Gasteiger partial charge in [0, 0.05) is 12.2 Å². The first-order valence-electron chi connectivity index (χ1n) is 9.88. The van der Waals surface area contributed by atoms with Crippen LogP contribution in [0.4, 0.5) is 5.69 Å². The number of hydrogen-bond acceptors (Lipinski definition) is 4. The van der Waals surface area contributed by atoms with Crippen LogP contribution in [0.5, 0.6) is 0 Å². The van der Waals surface area contributed by atoms with Gasteiger partial charge in [-0.25, -0.2) is 4.68 Å². The standard InChI is InChI=1S/C20H29N5/c1-15(2)19(24-14-8-10-16-9-6-7-13-18(16)24)20-21-22-23-25(20)17-11-4-3-5-12-17/h6-7,9,13,15,17,19H,3-5,8,10-12,14H2,1-2H3/t19-/m1/s1. The van der Waals surface area contributed by atoms with Crippen LogP contribution in [0.15, 0.2) is 24.3 Å². The third-order valence-electron chi connectivity index (χ3n) is 5.82. The highest BCUT2D eigenvalue weighted by atomic mass is 15.6. The number of anilines is 1. The first-order chi connectivity index (χ1) is 12.3. The third-order valence-corrected chi connectivity index (χ3v) is 5.82. The van der Waals surface area contributed by atoms with Crippen molar-refractivity contribution in [3.8, 4) is 0 Å². The van der Waals surface area contributed by atoms with Crippen molar-refractivity contribution in [1.82, 2.24) is 20.2 Å². The smallest absolute Gasteiger partial charge is 0.174 e. The summed E-state index contributed by atoms with van der Waals surface area (Å²) in [6.07, 6.45) is 8.72. The summed E-state index contributed by atoms with van der Waals surface area (Å²) in [7, 11) is 0. The number of para-hydroxylation sites is 1. The molecule has 1 aromatic carbocycles. The van der Waals surface area contributed by atoms with Gasteiger partial charge in [0.25, 0.3) is 0 Å². The van der Waals surface area contributed by atoms with Gasteiger partial charge in [-0.3, -0.25) is 0 Å². The van der Waals surface area contributed by atoms with E-state index in [4.69, 9.17) is 0 Å². The second kappa shape index (κ2) is 7.14. The van der Waals surface area contributed by atoms with Gasteiger partial charge in [-0.1, -0.05) is 51.3 Å². The van der Waals surface area contributed by atoms with E-state index in [0.29, 0.717) is 12.0 Å². The molecule has 0 N–H and O–H groups in total. The van der Waals surface area contributed by atoms with Crippen molar-refractivity contribution in [3.05, 3.63) is 35.7 Å². The Morgan fingerprint density at radius 2 is 1.84 bits per heavy atom. The fourth-order valence-electron chi connectivity index (χ4n) is 4.63. The Balaban J connectivity index is 1.71. The van der Waals surface area contributed by atoms with Gasteiger partial charge in [0.15, 0.2) is 5.82 Å². The van der Waals surface area contributed by atoms with E-state index in [1.807, 2.05) is 0 Å². The number of nitrogens with zero attached hydrogens (tertiary/aromatic N) is 5. The van der Waals surface area contributed by atoms with Crippen LogP contribution in [0, 0.1) is 5.92 Å². The number of rotatable bonds is 4. The number of fused-ring (bicyclic) bond motifs is 1. The zero-order valence-corrected chi connectivity index (χ0v) is 15.4. The van der Waals surface area contributed by atoms with Gasteiger partial charge < -0.3 is 4.90 Å². The summed E-state index contributed by atoms with van der Waals surface area (Å²) < 4.78 is 2.15. The minimum absolute atomic E-state index is 0.235. The molecule has 134 valence electrons. The quantitative estimate of drug-likeness (QED) is 0.832. The highest BCUT2D eigenvalue weighted by Gasteiger charge is 2.33. The molecule has 5 heteroatoms. The van der Waals surface area contributed by atoms with E-state index in [1.54, 1.807) is 0 Å². The van der Waals surface area contributed by atoms with Crippen molar-refractivity contribution >= 4 is 5.69 Å². The van der Waals surface area contributed by atoms with Gasteiger partial charge in [0.2, 0.25) is 0 Å². The molecule has 2 heterocycles. The van der Waals surface area contributed by atoms with Crippen molar-refractivity contribution in [1.29, 1.82) is 0 Å². The van der Waals surface area contributed by atoms with Crippen LogP contribution < -0.4 is 4.90 Å². The van der Waals surface area contributed by atoms with Crippen LogP contribution in [-0.2, 0) is 6.42 Å². The molecule has 2 aliphatic rings. The molecule has 2 aromatic rings. The molecule has 0 radical (unpaired) electrons. The van der Waals surface area contributed by atoms with Gasteiger partial charge in [0.05, 0.1) is 12.1 Å². The number of aryl methyl sites for hydroxylation is 1. The van der Waals surface area contributed by atoms with Gasteiger partial charge >= 0.3 is 0 Å². The topological polar surface area (TPSA) is 46.8 Å². The van der Waals surface area contributed by atoms with Gasteiger partial charge in [-0.2, -0.15) is 0 Å². The average Bonchev–Trinajstić information content (AvgIpc) is 3.12. The zero-order valence-electron chi connectivity index (χ0n) is 15.4. The van der Waals surface area contributed by atoms with Gasteiger partial charge in [-0.05, 0) is 53.7 Å². The maximum atomic E-state index is 4.52. The minimum atomic E-state index is 0.235. The first kappa shape index (κ1) is 16.6. The number of benzene rings is 1. The lowest BCUT2D eigenvalue weighted by Gasteiger charge is -2.39. The maximum Gasteiger partial charge on any atom is 0.174 e. The molecule has 0 amide bonds. The molecule has 1 fully saturated rings. The molecule has 1 atom stereocenters. The van der Waals surface area contributed by atoms with E-state index in [2.05, 4.69) is 63.2 Å². The van der Waals surface area contributed by atoms with Crippen LogP contribution in [0.25, 0.3) is 0 Å². The van der Waals surface area contributed by atoms with Gasteiger partial charge in [-0.15, -0.1) is 5.10 Å². The SMILES string of the molecule is CC(C)[C@H](c1nnnn1C1CCCCC1)N1CCCc2ccccc21. The molecule has 1 aliphatic heterocycles. The van der Waals surface area contributed by atoms with Crippen molar-refractivity contribution in [3.63, 3.8) is 0 Å². The van der Waals surface area contributed by atoms with Crippen molar-refractivity contribution < 1.29 is 0 Å². The Kier molecular flexibility index (Phi) is 4.73. The van der Waals surface area contributed by atoms with Crippen LogP contribution in [0.2, 0.25) is 0 Å². The summed E-state index contributed by atoms with van der Waals surface area (Å²) in [4.78, 5) is 2.55. The van der Waals surface area contributed by atoms with Crippen molar-refractivity contribution in [2.24, 2.45) is 5.92 Å². The second-order valence-corrected chi connectivity index (χ2v) is 7.89. The summed E-state index contributed by atoms with van der Waals surface area (Å²) in [5.74, 6) is 1.51. The molecule has 1 aliphatic carbocycles. The monoisotopic (exact) mass is 339 g/mol. The highest BCUT2D eigenvalue weighted by Crippen LogP contribution is 2.38. The number of aromatic nitrogens is 4. The molecular weight excluding hydrogens is 310 g/mol. The largest absolute Gasteiger partial charge is 0.361 e. The fraction of sp³-hybridized carbons (Fsp3) is 0.650. The normalized spacial score (nSPS) is 19.9. The molecule has 1 saturated carbocycles. The second-order valence-electron chi connectivity index (χ2n) is 7.89. The highest BCUT2D eigenvalue weighted by molar-refractivity contribution is 5.56. The molecular formula is C20H29N5. The molecule has 0 unspecified atom stereocenters. The predicted molar refractivity (Wildman–Crippen MR) is 99.6 cm³/mol. The lowest BCUT2D eigenvalue weighted by atomic mass is 9.93. The summed E-state index contributed by atoms with van der Waals surface area (Å²) in [5, 5.41) is 13.0. The van der Waals surface area contributed by atoms with Crippen LogP contribution in [0.3, 0.4) is 0 Å². The lowest BCUT2D eigenvalue weighted by Crippen LogP contribution is -2.38. The summed E-state index contributed by atoms with van der Waals surface area (Å²) in [6.45, 7) is 5.67. The number of tetrazole rings is 1. The summed E-state index contributed by atoms with van der Waals surface area (Å²) in [5.41, 5.74) is 2.82. The van der Waals surface area contributed by atoms with E-state index >= 15 is 0 Å². The van der Waals surface area contributed by atoms with Crippen LogP contribution in [0.1, 0.15) is 75.8 Å². The summed E-state index contributed by atoms with van der Waals surface area (Å²) in [6, 6.07) is 9.54. The Morgan fingerprint density at radius 1 is 1.04 bits per heavy atom. The molecule has 0 spiro atoms. The molecule has 1 aromatic heterocycles. The number of hydrogen-bond donors (Lipinski definition) is 0. The first-order valence-corrected chi connectivity index (χ1v) is 9.88. The Morgan fingerprint density at radius 3 is 2.64 bits per heavy atom. The van der Waals surface area contributed by atoms with E-state index < -0.39 is 0 Å². The van der Waals surface area contributed by atoms with Crippen LogP contribution >= 0.6 is 0 Å². The maximum absolute atomic E-state index is 4.52. The predicted octanol–water partition coefficient (Wildman–Crippen LogP) is 4.33.